The Morgan fingerprint density at radius 2 is 1.96 bits per heavy atom. The first kappa shape index (κ1) is 18.1. The smallest absolute Gasteiger partial charge is 0.341 e. The molecular weight excluding hydrogens is 338 g/mol. The molecule has 4 rings (SSSR count). The van der Waals surface area contributed by atoms with Crippen LogP contribution in [-0.4, -0.2) is 42.2 Å². The number of aryl methyl sites for hydroxylation is 1. The van der Waals surface area contributed by atoms with Crippen molar-refractivity contribution in [1.82, 2.24) is 4.90 Å². The maximum Gasteiger partial charge on any atom is 0.341 e. The molecule has 1 aliphatic carbocycles. The van der Waals surface area contributed by atoms with Gasteiger partial charge in [-0.15, -0.1) is 0 Å². The van der Waals surface area contributed by atoms with Crippen molar-refractivity contribution in [2.24, 2.45) is 5.92 Å². The molecule has 1 heterocycles. The highest BCUT2D eigenvalue weighted by Gasteiger charge is 2.43. The zero-order chi connectivity index (χ0) is 19.0. The van der Waals surface area contributed by atoms with E-state index in [4.69, 9.17) is 9.84 Å². The van der Waals surface area contributed by atoms with Gasteiger partial charge in [-0.25, -0.2) is 4.79 Å². The molecule has 3 unspecified atom stereocenters. The minimum Gasteiger partial charge on any atom is -0.482 e. The molecule has 0 aromatic heterocycles. The predicted molar refractivity (Wildman–Crippen MR) is 106 cm³/mol. The van der Waals surface area contributed by atoms with E-state index in [1.54, 1.807) is 0 Å². The number of carboxylic acids is 1. The standard InChI is InChI=1S/C23H27NO3/c1-3-24-11-10-19-21(13-24)18-9-4-15(2)12-20(18)23(19)16-5-7-17(8-6-16)27-14-22(25)26/h4-9,12,19,21,23H,3,10-11,13-14H2,1-2H3,(H,25,26). The Morgan fingerprint density at radius 1 is 1.19 bits per heavy atom. The summed E-state index contributed by atoms with van der Waals surface area (Å²) in [6.45, 7) is 7.54. The molecule has 4 heteroatoms. The molecule has 2 aromatic rings. The third-order valence-electron chi connectivity index (χ3n) is 6.20. The molecule has 1 aliphatic heterocycles. The van der Waals surface area contributed by atoms with Gasteiger partial charge in [0.2, 0.25) is 0 Å². The van der Waals surface area contributed by atoms with E-state index in [2.05, 4.69) is 49.1 Å². The van der Waals surface area contributed by atoms with E-state index < -0.39 is 5.97 Å². The lowest BCUT2D eigenvalue weighted by atomic mass is 9.78. The van der Waals surface area contributed by atoms with Crippen LogP contribution in [0.1, 0.15) is 47.4 Å². The fourth-order valence-electron chi connectivity index (χ4n) is 4.93. The van der Waals surface area contributed by atoms with Crippen LogP contribution in [0.15, 0.2) is 42.5 Å². The van der Waals surface area contributed by atoms with Gasteiger partial charge in [-0.2, -0.15) is 0 Å². The van der Waals surface area contributed by atoms with Crippen molar-refractivity contribution in [3.05, 3.63) is 64.7 Å². The van der Waals surface area contributed by atoms with Crippen LogP contribution in [0.25, 0.3) is 0 Å². The Balaban J connectivity index is 1.65. The Bertz CT molecular complexity index is 830. The Labute approximate surface area is 160 Å². The lowest BCUT2D eigenvalue weighted by molar-refractivity contribution is -0.139. The van der Waals surface area contributed by atoms with Crippen molar-refractivity contribution in [3.8, 4) is 5.75 Å². The van der Waals surface area contributed by atoms with Gasteiger partial charge in [-0.3, -0.25) is 0 Å². The van der Waals surface area contributed by atoms with Gasteiger partial charge in [0.25, 0.3) is 0 Å². The number of ether oxygens (including phenoxy) is 1. The van der Waals surface area contributed by atoms with Gasteiger partial charge in [0, 0.05) is 18.4 Å². The average molecular weight is 365 g/mol. The van der Waals surface area contributed by atoms with Crippen molar-refractivity contribution in [2.45, 2.75) is 32.1 Å². The topological polar surface area (TPSA) is 49.8 Å². The van der Waals surface area contributed by atoms with Gasteiger partial charge in [0.05, 0.1) is 0 Å². The third-order valence-corrected chi connectivity index (χ3v) is 6.20. The van der Waals surface area contributed by atoms with E-state index in [0.29, 0.717) is 23.5 Å². The molecule has 0 saturated carbocycles. The highest BCUT2D eigenvalue weighted by Crippen LogP contribution is 2.53. The second kappa shape index (κ2) is 7.35. The van der Waals surface area contributed by atoms with Crippen molar-refractivity contribution in [2.75, 3.05) is 26.2 Å². The number of piperidine rings is 1. The van der Waals surface area contributed by atoms with Crippen molar-refractivity contribution < 1.29 is 14.6 Å². The first-order chi connectivity index (χ1) is 13.1. The number of rotatable bonds is 5. The summed E-state index contributed by atoms with van der Waals surface area (Å²) < 4.78 is 5.30. The maximum absolute atomic E-state index is 10.7. The molecule has 0 amide bonds. The van der Waals surface area contributed by atoms with Crippen LogP contribution < -0.4 is 4.74 Å². The molecule has 3 atom stereocenters. The van der Waals surface area contributed by atoms with Gasteiger partial charge in [0.1, 0.15) is 5.75 Å². The second-order valence-electron chi connectivity index (χ2n) is 7.81. The minimum atomic E-state index is -0.954. The third kappa shape index (κ3) is 3.46. The summed E-state index contributed by atoms with van der Waals surface area (Å²) in [6, 6.07) is 15.0. The van der Waals surface area contributed by atoms with Gasteiger partial charge in [0.15, 0.2) is 6.61 Å². The number of carbonyl (C=O) groups is 1. The summed E-state index contributed by atoms with van der Waals surface area (Å²) in [5.74, 6) is 1.31. The Hall–Kier alpha value is -2.33. The van der Waals surface area contributed by atoms with Gasteiger partial charge in [-0.1, -0.05) is 42.8 Å². The van der Waals surface area contributed by atoms with E-state index in [1.807, 2.05) is 12.1 Å². The second-order valence-corrected chi connectivity index (χ2v) is 7.81. The van der Waals surface area contributed by atoms with Crippen molar-refractivity contribution in [1.29, 1.82) is 0 Å². The molecule has 1 fully saturated rings. The molecule has 0 spiro atoms. The van der Waals surface area contributed by atoms with Crippen LogP contribution in [0.4, 0.5) is 0 Å². The summed E-state index contributed by atoms with van der Waals surface area (Å²) in [5.41, 5.74) is 5.61. The number of hydrogen-bond acceptors (Lipinski definition) is 3. The molecule has 0 radical (unpaired) electrons. The summed E-state index contributed by atoms with van der Waals surface area (Å²) in [6.07, 6.45) is 1.22. The lowest BCUT2D eigenvalue weighted by Crippen LogP contribution is -2.38. The number of fused-ring (bicyclic) bond motifs is 3. The van der Waals surface area contributed by atoms with E-state index in [-0.39, 0.29) is 6.61 Å². The Morgan fingerprint density at radius 3 is 2.67 bits per heavy atom. The maximum atomic E-state index is 10.7. The first-order valence-electron chi connectivity index (χ1n) is 9.84. The summed E-state index contributed by atoms with van der Waals surface area (Å²) in [4.78, 5) is 13.3. The number of benzene rings is 2. The molecule has 1 saturated heterocycles. The molecule has 4 nitrogen and oxygen atoms in total. The average Bonchev–Trinajstić information content (AvgIpc) is 2.99. The van der Waals surface area contributed by atoms with Crippen LogP contribution in [0.3, 0.4) is 0 Å². The lowest BCUT2D eigenvalue weighted by Gasteiger charge is -2.37. The van der Waals surface area contributed by atoms with Crippen LogP contribution in [0.2, 0.25) is 0 Å². The number of likely N-dealkylation sites (tertiary alicyclic amines) is 1. The monoisotopic (exact) mass is 365 g/mol. The van der Waals surface area contributed by atoms with Crippen LogP contribution >= 0.6 is 0 Å². The Kier molecular flexibility index (Phi) is 4.92. The normalized spacial score (nSPS) is 24.3. The number of nitrogens with zero attached hydrogens (tertiary/aromatic N) is 1. The fourth-order valence-corrected chi connectivity index (χ4v) is 4.93. The van der Waals surface area contributed by atoms with E-state index in [1.165, 1.54) is 35.2 Å². The molecule has 2 aliphatic rings. The largest absolute Gasteiger partial charge is 0.482 e. The highest BCUT2D eigenvalue weighted by atomic mass is 16.5. The summed E-state index contributed by atoms with van der Waals surface area (Å²) in [7, 11) is 0. The quantitative estimate of drug-likeness (QED) is 0.869. The summed E-state index contributed by atoms with van der Waals surface area (Å²) >= 11 is 0. The van der Waals surface area contributed by atoms with Gasteiger partial charge >= 0.3 is 5.97 Å². The first-order valence-corrected chi connectivity index (χ1v) is 9.84. The molecule has 0 bridgehead atoms. The van der Waals surface area contributed by atoms with Crippen LogP contribution in [-0.2, 0) is 4.79 Å². The van der Waals surface area contributed by atoms with Crippen molar-refractivity contribution in [3.63, 3.8) is 0 Å². The fraction of sp³-hybridized carbons (Fsp3) is 0.435. The van der Waals surface area contributed by atoms with Gasteiger partial charge in [-0.05, 0) is 61.2 Å². The molecular formula is C23H27NO3. The van der Waals surface area contributed by atoms with Gasteiger partial charge < -0.3 is 14.7 Å². The van der Waals surface area contributed by atoms with Crippen molar-refractivity contribution >= 4 is 5.97 Å². The SMILES string of the molecule is CCN1CCC2C(C1)c1ccc(C)cc1C2c1ccc(OCC(=O)O)cc1. The highest BCUT2D eigenvalue weighted by molar-refractivity contribution is 5.68. The number of carboxylic acid groups (broad SMARTS) is 1. The summed E-state index contributed by atoms with van der Waals surface area (Å²) in [5, 5.41) is 8.78. The molecule has 27 heavy (non-hydrogen) atoms. The molecule has 142 valence electrons. The molecule has 2 aromatic carbocycles. The zero-order valence-corrected chi connectivity index (χ0v) is 16.0. The van der Waals surface area contributed by atoms with Crippen LogP contribution in [0, 0.1) is 12.8 Å². The van der Waals surface area contributed by atoms with E-state index in [0.717, 1.165) is 13.1 Å². The van der Waals surface area contributed by atoms with Crippen LogP contribution in [0.5, 0.6) is 5.75 Å². The number of likely N-dealkylation sites (N-methyl/N-ethyl adjacent to an activating group) is 1. The molecule has 1 N–H and O–H groups in total. The number of hydrogen-bond donors (Lipinski definition) is 1. The predicted octanol–water partition coefficient (Wildman–Crippen LogP) is 4.03. The van der Waals surface area contributed by atoms with E-state index in [9.17, 15) is 4.79 Å². The minimum absolute atomic E-state index is 0.303. The zero-order valence-electron chi connectivity index (χ0n) is 16.0. The number of aliphatic carboxylic acids is 1. The van der Waals surface area contributed by atoms with E-state index >= 15 is 0 Å².